The highest BCUT2D eigenvalue weighted by atomic mass is 32.1. The molecule has 1 rings (SSSR count). The van der Waals surface area contributed by atoms with Crippen molar-refractivity contribution < 1.29 is 4.79 Å². The number of nitrogens with one attached hydrogen (secondary N) is 2. The molecule has 0 atom stereocenters. The highest BCUT2D eigenvalue weighted by molar-refractivity contribution is 7.10. The predicted molar refractivity (Wildman–Crippen MR) is 68.6 cm³/mol. The summed E-state index contributed by atoms with van der Waals surface area (Å²) < 4.78 is 0. The number of hydrogen-bond donors (Lipinski definition) is 2. The molecule has 0 aliphatic rings. The van der Waals surface area contributed by atoms with Crippen LogP contribution in [-0.2, 0) is 17.8 Å². The predicted octanol–water partition coefficient (Wildman–Crippen LogP) is 1.43. The highest BCUT2D eigenvalue weighted by Gasteiger charge is 2.03. The summed E-state index contributed by atoms with van der Waals surface area (Å²) in [7, 11) is 0. The number of thiophene rings is 1. The maximum Gasteiger partial charge on any atom is 0.234 e. The van der Waals surface area contributed by atoms with E-state index in [1.54, 1.807) is 11.3 Å². The second kappa shape index (κ2) is 7.82. The number of carbonyl (C=O) groups excluding carboxylic acids is 1. The minimum absolute atomic E-state index is 0.0603. The van der Waals surface area contributed by atoms with Gasteiger partial charge in [0.15, 0.2) is 0 Å². The van der Waals surface area contributed by atoms with Crippen LogP contribution in [0.1, 0.15) is 23.8 Å². The summed E-state index contributed by atoms with van der Waals surface area (Å²) in [6.45, 7) is 3.58. The van der Waals surface area contributed by atoms with Crippen LogP contribution in [0.5, 0.6) is 0 Å². The topological polar surface area (TPSA) is 64.9 Å². The van der Waals surface area contributed by atoms with Crippen LogP contribution in [0.3, 0.4) is 0 Å². The summed E-state index contributed by atoms with van der Waals surface area (Å²) in [6.07, 6.45) is 1.38. The van der Waals surface area contributed by atoms with E-state index in [0.717, 1.165) is 13.0 Å². The normalized spacial score (nSPS) is 9.88. The Hall–Kier alpha value is -1.38. The molecular weight excluding hydrogens is 234 g/mol. The van der Waals surface area contributed by atoms with Crippen molar-refractivity contribution in [1.82, 2.24) is 10.6 Å². The maximum absolute atomic E-state index is 11.3. The van der Waals surface area contributed by atoms with Gasteiger partial charge in [0.25, 0.3) is 0 Å². The van der Waals surface area contributed by atoms with Crippen molar-refractivity contribution in [3.8, 4) is 6.07 Å². The molecule has 0 bridgehead atoms. The molecule has 0 saturated heterocycles. The zero-order chi connectivity index (χ0) is 12.5. The van der Waals surface area contributed by atoms with E-state index in [2.05, 4.69) is 29.0 Å². The second-order valence-electron chi connectivity index (χ2n) is 3.58. The molecule has 0 spiro atoms. The smallest absolute Gasteiger partial charge is 0.234 e. The quantitative estimate of drug-likeness (QED) is 0.721. The number of amides is 1. The van der Waals surface area contributed by atoms with Gasteiger partial charge in [-0.15, -0.1) is 11.3 Å². The Bertz CT molecular complexity index is 395. The summed E-state index contributed by atoms with van der Waals surface area (Å²) in [5.41, 5.74) is 1.34. The standard InChI is InChI=1S/C12H17N3OS/c1-2-10-4-7-17-11(10)8-14-9-12(16)15-6-3-5-13/h4,7,14H,2-3,6,8-9H2,1H3,(H,15,16). The molecule has 1 heterocycles. The lowest BCUT2D eigenvalue weighted by atomic mass is 10.2. The van der Waals surface area contributed by atoms with Crippen LogP contribution in [-0.4, -0.2) is 19.0 Å². The Balaban J connectivity index is 2.19. The Morgan fingerprint density at radius 1 is 1.59 bits per heavy atom. The van der Waals surface area contributed by atoms with E-state index in [1.165, 1.54) is 10.4 Å². The van der Waals surface area contributed by atoms with Gasteiger partial charge in [0, 0.05) is 18.0 Å². The van der Waals surface area contributed by atoms with Gasteiger partial charge < -0.3 is 10.6 Å². The number of carbonyl (C=O) groups is 1. The van der Waals surface area contributed by atoms with E-state index in [1.807, 2.05) is 6.07 Å². The van der Waals surface area contributed by atoms with Gasteiger partial charge in [-0.2, -0.15) is 5.26 Å². The van der Waals surface area contributed by atoms with Crippen molar-refractivity contribution in [3.05, 3.63) is 21.9 Å². The molecule has 2 N–H and O–H groups in total. The summed E-state index contributed by atoms with van der Waals surface area (Å²) in [6, 6.07) is 4.10. The SMILES string of the molecule is CCc1ccsc1CNCC(=O)NCCC#N. The molecule has 0 aromatic carbocycles. The van der Waals surface area contributed by atoms with E-state index in [0.29, 0.717) is 19.5 Å². The summed E-state index contributed by atoms with van der Waals surface area (Å²) in [5.74, 6) is -0.0603. The highest BCUT2D eigenvalue weighted by Crippen LogP contribution is 2.16. The molecule has 1 aromatic rings. The number of nitrogens with zero attached hydrogens (tertiary/aromatic N) is 1. The summed E-state index contributed by atoms with van der Waals surface area (Å²) in [5, 5.41) is 16.2. The number of rotatable bonds is 7. The van der Waals surface area contributed by atoms with E-state index < -0.39 is 0 Å². The van der Waals surface area contributed by atoms with Gasteiger partial charge in [0.1, 0.15) is 0 Å². The maximum atomic E-state index is 11.3. The zero-order valence-electron chi connectivity index (χ0n) is 9.95. The van der Waals surface area contributed by atoms with E-state index in [9.17, 15) is 4.79 Å². The Morgan fingerprint density at radius 3 is 3.12 bits per heavy atom. The Kier molecular flexibility index (Phi) is 6.30. The molecule has 0 radical (unpaired) electrons. The Labute approximate surface area is 106 Å². The first-order valence-corrected chi connectivity index (χ1v) is 6.55. The third-order valence-corrected chi connectivity index (χ3v) is 3.31. The molecule has 0 aliphatic carbocycles. The van der Waals surface area contributed by atoms with Crippen LogP contribution in [0.15, 0.2) is 11.4 Å². The third kappa shape index (κ3) is 4.98. The molecule has 4 nitrogen and oxygen atoms in total. The third-order valence-electron chi connectivity index (χ3n) is 2.35. The van der Waals surface area contributed by atoms with Gasteiger partial charge >= 0.3 is 0 Å². The fourth-order valence-corrected chi connectivity index (χ4v) is 2.39. The number of nitriles is 1. The van der Waals surface area contributed by atoms with Crippen LogP contribution < -0.4 is 10.6 Å². The minimum Gasteiger partial charge on any atom is -0.354 e. The van der Waals surface area contributed by atoms with Crippen LogP contribution in [0.2, 0.25) is 0 Å². The number of hydrogen-bond acceptors (Lipinski definition) is 4. The van der Waals surface area contributed by atoms with Crippen LogP contribution in [0.4, 0.5) is 0 Å². The zero-order valence-corrected chi connectivity index (χ0v) is 10.8. The van der Waals surface area contributed by atoms with E-state index in [4.69, 9.17) is 5.26 Å². The van der Waals surface area contributed by atoms with Crippen molar-refractivity contribution >= 4 is 17.2 Å². The molecule has 92 valence electrons. The lowest BCUT2D eigenvalue weighted by Crippen LogP contribution is -2.34. The lowest BCUT2D eigenvalue weighted by molar-refractivity contribution is -0.120. The monoisotopic (exact) mass is 251 g/mol. The summed E-state index contributed by atoms with van der Waals surface area (Å²) in [4.78, 5) is 12.6. The van der Waals surface area contributed by atoms with Crippen LogP contribution in [0.25, 0.3) is 0 Å². The molecule has 0 unspecified atom stereocenters. The molecular formula is C12H17N3OS. The van der Waals surface area contributed by atoms with Gasteiger partial charge in [-0.25, -0.2) is 0 Å². The first kappa shape index (κ1) is 13.7. The van der Waals surface area contributed by atoms with Crippen molar-refractivity contribution in [2.75, 3.05) is 13.1 Å². The second-order valence-corrected chi connectivity index (χ2v) is 4.58. The van der Waals surface area contributed by atoms with E-state index in [-0.39, 0.29) is 5.91 Å². The van der Waals surface area contributed by atoms with Crippen molar-refractivity contribution in [2.45, 2.75) is 26.3 Å². The number of aryl methyl sites for hydroxylation is 1. The van der Waals surface area contributed by atoms with Gasteiger partial charge in [-0.1, -0.05) is 6.92 Å². The molecule has 1 amide bonds. The molecule has 5 heteroatoms. The van der Waals surface area contributed by atoms with Crippen molar-refractivity contribution in [1.29, 1.82) is 5.26 Å². The molecule has 0 saturated carbocycles. The first-order valence-electron chi connectivity index (χ1n) is 5.67. The van der Waals surface area contributed by atoms with Crippen LogP contribution in [0, 0.1) is 11.3 Å². The van der Waals surface area contributed by atoms with Gasteiger partial charge in [0.2, 0.25) is 5.91 Å². The minimum atomic E-state index is -0.0603. The molecule has 0 fully saturated rings. The fourth-order valence-electron chi connectivity index (χ4n) is 1.45. The average molecular weight is 251 g/mol. The van der Waals surface area contributed by atoms with Crippen molar-refractivity contribution in [3.63, 3.8) is 0 Å². The largest absolute Gasteiger partial charge is 0.354 e. The van der Waals surface area contributed by atoms with Gasteiger partial charge in [-0.05, 0) is 23.4 Å². The Morgan fingerprint density at radius 2 is 2.41 bits per heavy atom. The lowest BCUT2D eigenvalue weighted by Gasteiger charge is -2.05. The molecule has 17 heavy (non-hydrogen) atoms. The van der Waals surface area contributed by atoms with Gasteiger partial charge in [0.05, 0.1) is 19.0 Å². The van der Waals surface area contributed by atoms with Crippen molar-refractivity contribution in [2.24, 2.45) is 0 Å². The van der Waals surface area contributed by atoms with Crippen LogP contribution >= 0.6 is 11.3 Å². The molecule has 0 aliphatic heterocycles. The fraction of sp³-hybridized carbons (Fsp3) is 0.500. The first-order chi connectivity index (χ1) is 8.27. The van der Waals surface area contributed by atoms with Gasteiger partial charge in [-0.3, -0.25) is 4.79 Å². The average Bonchev–Trinajstić information content (AvgIpc) is 2.77. The molecule has 1 aromatic heterocycles. The van der Waals surface area contributed by atoms with E-state index >= 15 is 0 Å². The summed E-state index contributed by atoms with van der Waals surface area (Å²) >= 11 is 1.71.